The molecule has 2 N–H and O–H groups in total. The first-order chi connectivity index (χ1) is 9.81. The Kier molecular flexibility index (Phi) is 2.59. The Hall–Kier alpha value is -2.15. The highest BCUT2D eigenvalue weighted by molar-refractivity contribution is 7.16. The minimum absolute atomic E-state index is 0.395. The molecule has 7 heteroatoms. The van der Waals surface area contributed by atoms with Gasteiger partial charge < -0.3 is 10.5 Å². The normalized spacial score (nSPS) is 14.8. The molecule has 0 aliphatic heterocycles. The van der Waals surface area contributed by atoms with Gasteiger partial charge in [0.2, 0.25) is 4.96 Å². The van der Waals surface area contributed by atoms with Crippen LogP contribution in [0.25, 0.3) is 4.96 Å². The SMILES string of the molecule is Nc1ccccc1OCc1nn2c(C3CC3)nnc2s1. The molecule has 0 spiro atoms. The lowest BCUT2D eigenvalue weighted by Crippen LogP contribution is -2.00. The van der Waals surface area contributed by atoms with E-state index in [9.17, 15) is 0 Å². The van der Waals surface area contributed by atoms with Crippen LogP contribution in [0.1, 0.15) is 29.6 Å². The maximum atomic E-state index is 5.84. The number of nitrogens with two attached hydrogens (primary N) is 1. The van der Waals surface area contributed by atoms with Crippen molar-refractivity contribution in [1.29, 1.82) is 0 Å². The number of hydrogen-bond acceptors (Lipinski definition) is 6. The summed E-state index contributed by atoms with van der Waals surface area (Å²) in [5.41, 5.74) is 6.48. The molecule has 1 saturated carbocycles. The van der Waals surface area contributed by atoms with E-state index < -0.39 is 0 Å². The number of aromatic nitrogens is 4. The molecular weight excluding hydrogens is 274 g/mol. The second-order valence-corrected chi connectivity index (χ2v) is 5.89. The zero-order valence-electron chi connectivity index (χ0n) is 10.7. The first-order valence-electron chi connectivity index (χ1n) is 6.49. The van der Waals surface area contributed by atoms with Crippen molar-refractivity contribution in [3.05, 3.63) is 35.1 Å². The van der Waals surface area contributed by atoms with Gasteiger partial charge in [0.1, 0.15) is 12.4 Å². The number of benzene rings is 1. The van der Waals surface area contributed by atoms with Crippen LogP contribution in [-0.2, 0) is 6.61 Å². The van der Waals surface area contributed by atoms with Crippen molar-refractivity contribution in [2.24, 2.45) is 0 Å². The van der Waals surface area contributed by atoms with Crippen LogP contribution in [0.2, 0.25) is 0 Å². The van der Waals surface area contributed by atoms with Crippen LogP contribution in [-0.4, -0.2) is 19.8 Å². The van der Waals surface area contributed by atoms with Gasteiger partial charge in [-0.1, -0.05) is 23.5 Å². The largest absolute Gasteiger partial charge is 0.484 e. The van der Waals surface area contributed by atoms with Gasteiger partial charge in [-0.05, 0) is 25.0 Å². The van der Waals surface area contributed by atoms with Crippen molar-refractivity contribution in [2.45, 2.75) is 25.4 Å². The number of nitrogens with zero attached hydrogens (tertiary/aromatic N) is 4. The quantitative estimate of drug-likeness (QED) is 0.744. The van der Waals surface area contributed by atoms with Gasteiger partial charge in [-0.2, -0.15) is 9.61 Å². The third-order valence-electron chi connectivity index (χ3n) is 3.27. The summed E-state index contributed by atoms with van der Waals surface area (Å²) in [7, 11) is 0. The Morgan fingerprint density at radius 2 is 2.15 bits per heavy atom. The molecule has 4 rings (SSSR count). The Morgan fingerprint density at radius 1 is 1.30 bits per heavy atom. The van der Waals surface area contributed by atoms with E-state index in [1.807, 2.05) is 28.8 Å². The summed E-state index contributed by atoms with van der Waals surface area (Å²) >= 11 is 1.50. The van der Waals surface area contributed by atoms with Crippen LogP contribution in [0.5, 0.6) is 5.75 Å². The molecule has 1 aliphatic rings. The fourth-order valence-corrected chi connectivity index (χ4v) is 2.83. The van der Waals surface area contributed by atoms with E-state index in [0.29, 0.717) is 24.0 Å². The van der Waals surface area contributed by atoms with Crippen LogP contribution in [0.3, 0.4) is 0 Å². The first kappa shape index (κ1) is 11.7. The Morgan fingerprint density at radius 3 is 2.95 bits per heavy atom. The number of anilines is 1. The topological polar surface area (TPSA) is 78.3 Å². The van der Waals surface area contributed by atoms with Crippen LogP contribution in [0.4, 0.5) is 5.69 Å². The molecule has 0 radical (unpaired) electrons. The van der Waals surface area contributed by atoms with Crippen LogP contribution in [0.15, 0.2) is 24.3 Å². The highest BCUT2D eigenvalue weighted by Gasteiger charge is 2.30. The van der Waals surface area contributed by atoms with Gasteiger partial charge in [0.05, 0.1) is 5.69 Å². The summed E-state index contributed by atoms with van der Waals surface area (Å²) in [5, 5.41) is 13.8. The minimum Gasteiger partial charge on any atom is -0.484 e. The summed E-state index contributed by atoms with van der Waals surface area (Å²) in [6, 6.07) is 7.45. The number of hydrogen-bond donors (Lipinski definition) is 1. The molecule has 0 atom stereocenters. The van der Waals surface area contributed by atoms with E-state index in [4.69, 9.17) is 10.5 Å². The van der Waals surface area contributed by atoms with Crippen molar-refractivity contribution in [1.82, 2.24) is 19.8 Å². The predicted octanol–water partition coefficient (Wildman–Crippen LogP) is 2.22. The van der Waals surface area contributed by atoms with Gasteiger partial charge >= 0.3 is 0 Å². The summed E-state index contributed by atoms with van der Waals surface area (Å²) < 4.78 is 7.54. The molecule has 1 fully saturated rings. The van der Waals surface area contributed by atoms with E-state index >= 15 is 0 Å². The monoisotopic (exact) mass is 287 g/mol. The third kappa shape index (κ3) is 2.00. The van der Waals surface area contributed by atoms with Gasteiger partial charge in [-0.15, -0.1) is 10.2 Å². The van der Waals surface area contributed by atoms with Gasteiger partial charge in [0.15, 0.2) is 10.8 Å². The highest BCUT2D eigenvalue weighted by Crippen LogP contribution is 2.39. The molecule has 3 aromatic rings. The van der Waals surface area contributed by atoms with Crippen LogP contribution in [0, 0.1) is 0 Å². The lowest BCUT2D eigenvalue weighted by atomic mass is 10.3. The fourth-order valence-electron chi connectivity index (χ4n) is 2.08. The molecule has 0 bridgehead atoms. The minimum atomic E-state index is 0.395. The maximum absolute atomic E-state index is 5.84. The molecule has 20 heavy (non-hydrogen) atoms. The average molecular weight is 287 g/mol. The van der Waals surface area contributed by atoms with E-state index in [0.717, 1.165) is 15.8 Å². The highest BCUT2D eigenvalue weighted by atomic mass is 32.1. The Labute approximate surface area is 119 Å². The molecule has 1 aliphatic carbocycles. The smallest absolute Gasteiger partial charge is 0.234 e. The first-order valence-corrected chi connectivity index (χ1v) is 7.31. The van der Waals surface area contributed by atoms with Crippen molar-refractivity contribution in [3.63, 3.8) is 0 Å². The molecule has 0 saturated heterocycles. The molecule has 2 heterocycles. The third-order valence-corrected chi connectivity index (χ3v) is 4.14. The zero-order valence-corrected chi connectivity index (χ0v) is 11.5. The summed E-state index contributed by atoms with van der Waals surface area (Å²) in [6.45, 7) is 0.395. The van der Waals surface area contributed by atoms with Crippen molar-refractivity contribution < 1.29 is 4.74 Å². The van der Waals surface area contributed by atoms with Crippen LogP contribution < -0.4 is 10.5 Å². The van der Waals surface area contributed by atoms with Crippen molar-refractivity contribution in [3.8, 4) is 5.75 Å². The van der Waals surface area contributed by atoms with E-state index in [2.05, 4.69) is 15.3 Å². The van der Waals surface area contributed by atoms with Gasteiger partial charge in [-0.3, -0.25) is 0 Å². The summed E-state index contributed by atoms with van der Waals surface area (Å²) in [5.74, 6) is 2.19. The number of rotatable bonds is 4. The lowest BCUT2D eigenvalue weighted by Gasteiger charge is -2.05. The molecule has 1 aromatic carbocycles. The van der Waals surface area contributed by atoms with Gasteiger partial charge in [-0.25, -0.2) is 0 Å². The molecule has 0 amide bonds. The van der Waals surface area contributed by atoms with Gasteiger partial charge in [0, 0.05) is 5.92 Å². The summed E-state index contributed by atoms with van der Waals surface area (Å²) in [4.78, 5) is 0.825. The Bertz CT molecular complexity index is 761. The standard InChI is InChI=1S/C13H13N5OS/c14-9-3-1-2-4-10(9)19-7-11-17-18-12(8-5-6-8)15-16-13(18)20-11/h1-4,8H,5-7,14H2. The maximum Gasteiger partial charge on any atom is 0.234 e. The number of fused-ring (bicyclic) bond motifs is 1. The average Bonchev–Trinajstić information content (AvgIpc) is 3.09. The lowest BCUT2D eigenvalue weighted by molar-refractivity contribution is 0.305. The van der Waals surface area contributed by atoms with Crippen molar-refractivity contribution >= 4 is 22.0 Å². The second-order valence-electron chi connectivity index (χ2n) is 4.85. The molecule has 6 nitrogen and oxygen atoms in total. The summed E-state index contributed by atoms with van der Waals surface area (Å²) in [6.07, 6.45) is 2.37. The van der Waals surface area contributed by atoms with Crippen molar-refractivity contribution in [2.75, 3.05) is 5.73 Å². The molecule has 102 valence electrons. The number of ether oxygens (including phenoxy) is 1. The molecule has 0 unspecified atom stereocenters. The van der Waals surface area contributed by atoms with Crippen LogP contribution >= 0.6 is 11.3 Å². The van der Waals surface area contributed by atoms with E-state index in [-0.39, 0.29) is 0 Å². The zero-order chi connectivity index (χ0) is 13.5. The number of para-hydroxylation sites is 2. The molecule has 2 aromatic heterocycles. The number of nitrogen functional groups attached to an aromatic ring is 1. The fraction of sp³-hybridized carbons (Fsp3) is 0.308. The van der Waals surface area contributed by atoms with E-state index in [1.54, 1.807) is 0 Å². The van der Waals surface area contributed by atoms with Gasteiger partial charge in [0.25, 0.3) is 0 Å². The second kappa shape index (κ2) is 4.45. The molecular formula is C13H13N5OS. The predicted molar refractivity (Wildman–Crippen MR) is 75.8 cm³/mol. The van der Waals surface area contributed by atoms with E-state index in [1.165, 1.54) is 24.2 Å². The Balaban J connectivity index is 1.55.